The molecule has 0 spiro atoms. The van der Waals surface area contributed by atoms with E-state index in [1.807, 2.05) is 11.3 Å². The highest BCUT2D eigenvalue weighted by Gasteiger charge is 2.59. The van der Waals surface area contributed by atoms with Crippen LogP contribution in [0.25, 0.3) is 11.0 Å². The number of hydrogen-bond acceptors (Lipinski definition) is 6. The number of anilines is 1. The Morgan fingerprint density at radius 1 is 1.64 bits per heavy atom. The van der Waals surface area contributed by atoms with Crippen molar-refractivity contribution in [1.82, 2.24) is 14.5 Å². The second-order valence-corrected chi connectivity index (χ2v) is 5.85. The summed E-state index contributed by atoms with van der Waals surface area (Å²) >= 11 is 5.29. The second-order valence-electron chi connectivity index (χ2n) is 5.66. The molecule has 1 aliphatic rings. The summed E-state index contributed by atoms with van der Waals surface area (Å²) < 4.78 is 35.8. The van der Waals surface area contributed by atoms with Crippen LogP contribution in [-0.4, -0.2) is 48.7 Å². The molecule has 8 nitrogen and oxygen atoms in total. The molecule has 0 radical (unpaired) electrons. The Balaban J connectivity index is 2.25. The van der Waals surface area contributed by atoms with Crippen LogP contribution in [0.3, 0.4) is 0 Å². The Bertz CT molecular complexity index is 950. The van der Waals surface area contributed by atoms with E-state index in [4.69, 9.17) is 22.1 Å². The zero-order chi connectivity index (χ0) is 18.5. The van der Waals surface area contributed by atoms with Crippen LogP contribution in [-0.2, 0) is 4.74 Å². The first-order chi connectivity index (χ1) is 11.7. The van der Waals surface area contributed by atoms with Crippen molar-refractivity contribution in [3.05, 3.63) is 22.4 Å². The minimum Gasteiger partial charge on any atom is -0.391 e. The van der Waals surface area contributed by atoms with Crippen molar-refractivity contribution in [3.8, 4) is 11.3 Å². The van der Waals surface area contributed by atoms with Gasteiger partial charge in [0.15, 0.2) is 17.7 Å². The van der Waals surface area contributed by atoms with Crippen molar-refractivity contribution < 1.29 is 23.7 Å². The number of H-pyrrole nitrogens is 1. The van der Waals surface area contributed by atoms with Crippen LogP contribution in [0.4, 0.5) is 14.7 Å². The predicted octanol–water partition coefficient (Wildman–Crippen LogP) is -0.00700. The summed E-state index contributed by atoms with van der Waals surface area (Å²) in [5.41, 5.74) is 1.50. The fraction of sp³-hybridized carbons (Fsp3) is 0.429. The summed E-state index contributed by atoms with van der Waals surface area (Å²) in [6.45, 7) is 1.28. The summed E-state index contributed by atoms with van der Waals surface area (Å²) in [6.07, 6.45) is -5.47. The summed E-state index contributed by atoms with van der Waals surface area (Å²) in [4.78, 5) is 17.8. The number of nitrogens with two attached hydrogens (primary N) is 1. The van der Waals surface area contributed by atoms with Crippen LogP contribution in [0.5, 0.6) is 0 Å². The van der Waals surface area contributed by atoms with E-state index in [1.54, 1.807) is 0 Å². The Kier molecular flexibility index (Phi) is 4.20. The van der Waals surface area contributed by atoms with Gasteiger partial charge in [0.25, 0.3) is 5.56 Å². The number of aliphatic hydroxyl groups is 2. The number of nitrogen functional groups attached to an aromatic ring is 1. The van der Waals surface area contributed by atoms with Crippen LogP contribution in [0.15, 0.2) is 11.0 Å². The lowest BCUT2D eigenvalue weighted by Crippen LogP contribution is -2.44. The van der Waals surface area contributed by atoms with Gasteiger partial charge in [0.05, 0.1) is 6.10 Å². The molecular weight excluding hydrogens is 362 g/mol. The molecule has 5 atom stereocenters. The number of nitrogens with zero attached hydrogens (tertiary/aromatic N) is 2. The van der Waals surface area contributed by atoms with E-state index in [0.717, 1.165) is 10.8 Å². The maximum atomic E-state index is 15.4. The maximum absolute atomic E-state index is 15.4. The SMILES string of the molecule is C[C@@H](O)[C@H]1O[C@@H](n2cc(F)c3c(=O)[nH]c(N)nc32)C(F)(C#CCl)C1O. The number of ether oxygens (including phenoxy) is 1. The molecule has 2 unspecified atom stereocenters. The molecule has 2 aromatic heterocycles. The average molecular weight is 375 g/mol. The Morgan fingerprint density at radius 2 is 2.32 bits per heavy atom. The smallest absolute Gasteiger partial charge is 0.264 e. The average Bonchev–Trinajstić information content (AvgIpc) is 2.96. The van der Waals surface area contributed by atoms with Gasteiger partial charge in [0.1, 0.15) is 17.6 Å². The normalized spacial score (nSPS) is 30.2. The van der Waals surface area contributed by atoms with Crippen molar-refractivity contribution in [2.24, 2.45) is 0 Å². The molecule has 0 amide bonds. The summed E-state index contributed by atoms with van der Waals surface area (Å²) in [6, 6.07) is 0. The van der Waals surface area contributed by atoms with E-state index in [2.05, 4.69) is 9.97 Å². The van der Waals surface area contributed by atoms with Crippen molar-refractivity contribution >= 4 is 28.6 Å². The third-order valence-electron chi connectivity index (χ3n) is 4.01. The lowest BCUT2D eigenvalue weighted by atomic mass is 9.95. The van der Waals surface area contributed by atoms with E-state index in [0.29, 0.717) is 0 Å². The zero-order valence-electron chi connectivity index (χ0n) is 12.7. The van der Waals surface area contributed by atoms with Crippen LogP contribution in [0.2, 0.25) is 0 Å². The van der Waals surface area contributed by atoms with Gasteiger partial charge in [0.2, 0.25) is 11.6 Å². The van der Waals surface area contributed by atoms with E-state index in [9.17, 15) is 19.4 Å². The van der Waals surface area contributed by atoms with Crippen LogP contribution in [0, 0.1) is 17.1 Å². The Labute approximate surface area is 144 Å². The summed E-state index contributed by atoms with van der Waals surface area (Å²) in [5.74, 6) is 0.661. The van der Waals surface area contributed by atoms with Gasteiger partial charge in [-0.25, -0.2) is 8.78 Å². The van der Waals surface area contributed by atoms with Gasteiger partial charge in [-0.15, -0.1) is 0 Å². The Hall–Kier alpha value is -2.19. The maximum Gasteiger partial charge on any atom is 0.264 e. The van der Waals surface area contributed by atoms with E-state index in [1.165, 1.54) is 6.92 Å². The van der Waals surface area contributed by atoms with Gasteiger partial charge >= 0.3 is 0 Å². The minimum absolute atomic E-state index is 0.305. The number of hydrogen-bond donors (Lipinski definition) is 4. The van der Waals surface area contributed by atoms with E-state index < -0.39 is 47.0 Å². The topological polar surface area (TPSA) is 126 Å². The third-order valence-corrected chi connectivity index (χ3v) is 4.10. The molecule has 3 heterocycles. The molecule has 0 saturated carbocycles. The van der Waals surface area contributed by atoms with Gasteiger partial charge in [-0.2, -0.15) is 4.98 Å². The number of fused-ring (bicyclic) bond motifs is 1. The van der Waals surface area contributed by atoms with Crippen LogP contribution < -0.4 is 11.3 Å². The molecule has 1 saturated heterocycles. The molecule has 11 heteroatoms. The van der Waals surface area contributed by atoms with Gasteiger partial charge in [-0.05, 0) is 24.4 Å². The second kappa shape index (κ2) is 5.96. The minimum atomic E-state index is -2.79. The number of nitrogens with one attached hydrogen (secondary N) is 1. The molecule has 0 aliphatic carbocycles. The molecule has 0 aromatic carbocycles. The van der Waals surface area contributed by atoms with Gasteiger partial charge in [-0.3, -0.25) is 14.3 Å². The van der Waals surface area contributed by atoms with Crippen LogP contribution in [0.1, 0.15) is 13.2 Å². The summed E-state index contributed by atoms with van der Waals surface area (Å²) in [7, 11) is 0. The Morgan fingerprint density at radius 3 is 2.92 bits per heavy atom. The van der Waals surface area contributed by atoms with Gasteiger partial charge < -0.3 is 20.7 Å². The van der Waals surface area contributed by atoms with Gasteiger partial charge in [0, 0.05) is 11.6 Å². The summed E-state index contributed by atoms with van der Waals surface area (Å²) in [5, 5.41) is 21.2. The lowest BCUT2D eigenvalue weighted by molar-refractivity contribution is -0.0776. The fourth-order valence-electron chi connectivity index (χ4n) is 2.87. The van der Waals surface area contributed by atoms with Gasteiger partial charge in [-0.1, -0.05) is 0 Å². The molecule has 134 valence electrons. The first-order valence-electron chi connectivity index (χ1n) is 7.09. The monoisotopic (exact) mass is 374 g/mol. The molecule has 3 rings (SSSR count). The molecule has 1 fully saturated rings. The first kappa shape index (κ1) is 17.6. The highest BCUT2D eigenvalue weighted by atomic mass is 35.5. The molecule has 0 bridgehead atoms. The standard InChI is InChI=1S/C14H13ClF2N4O4/c1-5(22)8-9(23)14(17,2-3-15)12(25-8)21-4-6(16)7-10(21)19-13(18)20-11(7)24/h4-5,8-9,12,22-23H,1H3,(H3,18,19,20,24)/t5-,8-,9?,12-,14?/m1/s1. The number of aromatic amines is 1. The molecule has 25 heavy (non-hydrogen) atoms. The quantitative estimate of drug-likeness (QED) is 0.548. The number of aliphatic hydroxyl groups excluding tert-OH is 2. The fourth-order valence-corrected chi connectivity index (χ4v) is 3.01. The molecule has 5 N–H and O–H groups in total. The highest BCUT2D eigenvalue weighted by Crippen LogP contribution is 2.43. The zero-order valence-corrected chi connectivity index (χ0v) is 13.5. The molecule has 1 aliphatic heterocycles. The number of rotatable bonds is 2. The predicted molar refractivity (Wildman–Crippen MR) is 83.8 cm³/mol. The van der Waals surface area contributed by atoms with Crippen LogP contribution >= 0.6 is 11.6 Å². The lowest BCUT2D eigenvalue weighted by Gasteiger charge is -2.24. The largest absolute Gasteiger partial charge is 0.391 e. The molecule has 2 aromatic rings. The first-order valence-corrected chi connectivity index (χ1v) is 7.47. The van der Waals surface area contributed by atoms with E-state index in [-0.39, 0.29) is 11.6 Å². The van der Waals surface area contributed by atoms with E-state index >= 15 is 4.39 Å². The van der Waals surface area contributed by atoms with Crippen molar-refractivity contribution in [3.63, 3.8) is 0 Å². The molecular formula is C14H13ClF2N4O4. The van der Waals surface area contributed by atoms with Crippen molar-refractivity contribution in [1.29, 1.82) is 0 Å². The number of alkyl halides is 1. The number of aromatic nitrogens is 3. The van der Waals surface area contributed by atoms with Crippen molar-refractivity contribution in [2.75, 3.05) is 5.73 Å². The third kappa shape index (κ3) is 2.56. The highest BCUT2D eigenvalue weighted by molar-refractivity contribution is 6.30. The van der Waals surface area contributed by atoms with Crippen molar-refractivity contribution in [2.45, 2.75) is 37.1 Å². The number of halogens is 3.